The molecule has 0 aromatic heterocycles. The van der Waals surface area contributed by atoms with Crippen LogP contribution in [0.1, 0.15) is 26.7 Å². The summed E-state index contributed by atoms with van der Waals surface area (Å²) in [6.07, 6.45) is -0.217. The van der Waals surface area contributed by atoms with E-state index in [0.29, 0.717) is 5.57 Å². The van der Waals surface area contributed by atoms with Gasteiger partial charge < -0.3 is 5.11 Å². The molecule has 78 valence electrons. The molecule has 0 rings (SSSR count). The number of hydrogen-bond acceptors (Lipinski definition) is 3. The Morgan fingerprint density at radius 3 is 2.00 bits per heavy atom. The summed E-state index contributed by atoms with van der Waals surface area (Å²) in [4.78, 5) is 32.1. The molecule has 0 aliphatic carbocycles. The van der Waals surface area contributed by atoms with E-state index in [9.17, 15) is 14.4 Å². The van der Waals surface area contributed by atoms with E-state index in [4.69, 9.17) is 5.11 Å². The first kappa shape index (κ1) is 12.6. The molecule has 0 fully saturated rings. The Kier molecular flexibility index (Phi) is 4.77. The van der Waals surface area contributed by atoms with Crippen molar-refractivity contribution >= 4 is 17.5 Å². The molecule has 0 amide bonds. The molecule has 0 saturated carbocycles. The highest BCUT2D eigenvalue weighted by Gasteiger charge is 2.19. The Bertz CT molecular complexity index is 278. The number of Topliss-reactive ketones (excluding diaryl/α,β-unsaturated/α-hetero) is 2. The predicted molar refractivity (Wildman–Crippen MR) is 50.9 cm³/mol. The second-order valence-electron chi connectivity index (χ2n) is 3.32. The molecule has 0 saturated heterocycles. The number of aliphatic carboxylic acids is 1. The average Bonchev–Trinajstić information content (AvgIpc) is 2.01. The Morgan fingerprint density at radius 2 is 1.71 bits per heavy atom. The van der Waals surface area contributed by atoms with E-state index in [2.05, 4.69) is 6.58 Å². The topological polar surface area (TPSA) is 71.4 Å². The van der Waals surface area contributed by atoms with E-state index >= 15 is 0 Å². The van der Waals surface area contributed by atoms with Crippen molar-refractivity contribution in [1.82, 2.24) is 0 Å². The molecule has 1 atom stereocenters. The van der Waals surface area contributed by atoms with Crippen LogP contribution in [0.2, 0.25) is 0 Å². The zero-order valence-electron chi connectivity index (χ0n) is 8.37. The third-order valence-corrected chi connectivity index (χ3v) is 1.94. The quantitative estimate of drug-likeness (QED) is 0.514. The minimum atomic E-state index is -0.991. The number of ketones is 2. The van der Waals surface area contributed by atoms with Crippen LogP contribution in [0, 0.1) is 5.92 Å². The number of allylic oxidation sites excluding steroid dienone is 1. The summed E-state index contributed by atoms with van der Waals surface area (Å²) >= 11 is 0. The molecule has 0 bridgehead atoms. The molecule has 4 nitrogen and oxygen atoms in total. The Morgan fingerprint density at radius 1 is 1.21 bits per heavy atom. The first-order valence-corrected chi connectivity index (χ1v) is 4.25. The molecule has 0 spiro atoms. The van der Waals surface area contributed by atoms with E-state index in [0.717, 1.165) is 0 Å². The monoisotopic (exact) mass is 198 g/mol. The van der Waals surface area contributed by atoms with E-state index < -0.39 is 23.5 Å². The summed E-state index contributed by atoms with van der Waals surface area (Å²) in [7, 11) is 0. The first-order valence-electron chi connectivity index (χ1n) is 4.25. The van der Waals surface area contributed by atoms with Gasteiger partial charge >= 0.3 is 5.97 Å². The second-order valence-corrected chi connectivity index (χ2v) is 3.32. The number of rotatable bonds is 6. The van der Waals surface area contributed by atoms with Gasteiger partial charge in [0.15, 0.2) is 11.6 Å². The Labute approximate surface area is 82.6 Å². The van der Waals surface area contributed by atoms with Crippen LogP contribution in [-0.4, -0.2) is 22.6 Å². The fourth-order valence-electron chi connectivity index (χ4n) is 0.999. The molecule has 4 heteroatoms. The maximum Gasteiger partial charge on any atom is 0.303 e. The van der Waals surface area contributed by atoms with Gasteiger partial charge in [0.05, 0.1) is 6.42 Å². The van der Waals surface area contributed by atoms with Gasteiger partial charge in [-0.05, 0) is 12.8 Å². The molecule has 1 unspecified atom stereocenters. The third-order valence-electron chi connectivity index (χ3n) is 1.94. The molecule has 0 aliphatic heterocycles. The zero-order valence-corrected chi connectivity index (χ0v) is 8.37. The highest BCUT2D eigenvalue weighted by Crippen LogP contribution is 2.17. The summed E-state index contributed by atoms with van der Waals surface area (Å²) in [5.41, 5.74) is 0.613. The Balaban J connectivity index is 4.38. The highest BCUT2D eigenvalue weighted by atomic mass is 16.4. The van der Waals surface area contributed by atoms with Crippen molar-refractivity contribution in [3.05, 3.63) is 12.2 Å². The average molecular weight is 198 g/mol. The van der Waals surface area contributed by atoms with E-state index in [1.54, 1.807) is 6.92 Å². The van der Waals surface area contributed by atoms with Gasteiger partial charge in [-0.2, -0.15) is 0 Å². The lowest BCUT2D eigenvalue weighted by atomic mass is 9.91. The molecular weight excluding hydrogens is 184 g/mol. The van der Waals surface area contributed by atoms with Crippen LogP contribution >= 0.6 is 0 Å². The second kappa shape index (κ2) is 5.32. The van der Waals surface area contributed by atoms with Crippen LogP contribution in [0.15, 0.2) is 12.2 Å². The predicted octanol–water partition coefficient (Wildman–Crippen LogP) is 1.20. The van der Waals surface area contributed by atoms with E-state index in [1.165, 1.54) is 6.92 Å². The van der Waals surface area contributed by atoms with E-state index in [-0.39, 0.29) is 12.8 Å². The SMILES string of the molecule is C=C(C)C(CC(=O)O)CC(=O)C(C)=O. The zero-order chi connectivity index (χ0) is 11.3. The van der Waals surface area contributed by atoms with Crippen molar-refractivity contribution < 1.29 is 19.5 Å². The van der Waals surface area contributed by atoms with Crippen LogP contribution in [0.4, 0.5) is 0 Å². The number of carboxylic acids is 1. The Hall–Kier alpha value is -1.45. The molecule has 1 N–H and O–H groups in total. The van der Waals surface area contributed by atoms with E-state index in [1.807, 2.05) is 0 Å². The van der Waals surface area contributed by atoms with Crippen molar-refractivity contribution in [1.29, 1.82) is 0 Å². The van der Waals surface area contributed by atoms with Crippen LogP contribution in [0.3, 0.4) is 0 Å². The largest absolute Gasteiger partial charge is 0.481 e. The fourth-order valence-corrected chi connectivity index (χ4v) is 0.999. The fraction of sp³-hybridized carbons (Fsp3) is 0.500. The lowest BCUT2D eigenvalue weighted by Crippen LogP contribution is -2.18. The number of carbonyl (C=O) groups excluding carboxylic acids is 2. The molecule has 0 aromatic carbocycles. The van der Waals surface area contributed by atoms with Gasteiger partial charge in [-0.3, -0.25) is 14.4 Å². The van der Waals surface area contributed by atoms with Gasteiger partial charge in [-0.1, -0.05) is 12.2 Å². The highest BCUT2D eigenvalue weighted by molar-refractivity contribution is 6.36. The molecule has 14 heavy (non-hydrogen) atoms. The van der Waals surface area contributed by atoms with Gasteiger partial charge in [-0.15, -0.1) is 0 Å². The minimum Gasteiger partial charge on any atom is -0.481 e. The van der Waals surface area contributed by atoms with Crippen molar-refractivity contribution in [2.24, 2.45) is 5.92 Å². The molecule has 0 aliphatic rings. The summed E-state index contributed by atoms with van der Waals surface area (Å²) < 4.78 is 0. The van der Waals surface area contributed by atoms with Gasteiger partial charge in [0.25, 0.3) is 0 Å². The van der Waals surface area contributed by atoms with Crippen LogP contribution in [0.25, 0.3) is 0 Å². The standard InChI is InChI=1S/C10H14O4/c1-6(2)8(5-10(13)14)4-9(12)7(3)11/h8H,1,4-5H2,2-3H3,(H,13,14). The summed E-state index contributed by atoms with van der Waals surface area (Å²) in [5.74, 6) is -2.51. The molecule has 0 heterocycles. The number of carboxylic acid groups (broad SMARTS) is 1. The maximum atomic E-state index is 11.1. The van der Waals surface area contributed by atoms with Gasteiger partial charge in [0, 0.05) is 13.3 Å². The van der Waals surface area contributed by atoms with Gasteiger partial charge in [0.1, 0.15) is 0 Å². The number of hydrogen-bond donors (Lipinski definition) is 1. The molecule has 0 aromatic rings. The first-order chi connectivity index (χ1) is 6.34. The number of carbonyl (C=O) groups is 3. The third kappa shape index (κ3) is 4.54. The lowest BCUT2D eigenvalue weighted by Gasteiger charge is -2.12. The molecule has 0 radical (unpaired) electrons. The van der Waals surface area contributed by atoms with Gasteiger partial charge in [0.2, 0.25) is 0 Å². The summed E-state index contributed by atoms with van der Waals surface area (Å²) in [5, 5.41) is 8.55. The van der Waals surface area contributed by atoms with Crippen molar-refractivity contribution in [2.75, 3.05) is 0 Å². The van der Waals surface area contributed by atoms with Gasteiger partial charge in [-0.25, -0.2) is 0 Å². The van der Waals surface area contributed by atoms with Crippen LogP contribution in [-0.2, 0) is 14.4 Å². The van der Waals surface area contributed by atoms with Crippen molar-refractivity contribution in [3.63, 3.8) is 0 Å². The maximum absolute atomic E-state index is 11.1. The summed E-state index contributed by atoms with van der Waals surface area (Å²) in [6.45, 7) is 6.43. The summed E-state index contributed by atoms with van der Waals surface area (Å²) in [6, 6.07) is 0. The molecular formula is C10H14O4. The lowest BCUT2D eigenvalue weighted by molar-refractivity contribution is -0.139. The smallest absolute Gasteiger partial charge is 0.303 e. The van der Waals surface area contributed by atoms with Crippen LogP contribution in [0.5, 0.6) is 0 Å². The van der Waals surface area contributed by atoms with Crippen LogP contribution < -0.4 is 0 Å². The van der Waals surface area contributed by atoms with Crippen molar-refractivity contribution in [3.8, 4) is 0 Å². The minimum absolute atomic E-state index is 0.0586. The van der Waals surface area contributed by atoms with Crippen molar-refractivity contribution in [2.45, 2.75) is 26.7 Å². The normalized spacial score (nSPS) is 11.9.